The van der Waals surface area contributed by atoms with Crippen molar-refractivity contribution in [3.8, 4) is 34.1 Å². The summed E-state index contributed by atoms with van der Waals surface area (Å²) in [6.45, 7) is 4.00. The molecule has 8 rings (SSSR count). The van der Waals surface area contributed by atoms with Gasteiger partial charge in [-0.15, -0.1) is 0 Å². The zero-order valence-corrected chi connectivity index (χ0v) is 26.1. The van der Waals surface area contributed by atoms with Crippen LogP contribution in [0.25, 0.3) is 39.5 Å². The van der Waals surface area contributed by atoms with Gasteiger partial charge in [-0.05, 0) is 72.0 Å². The Bertz CT molecular complexity index is 2150. The van der Waals surface area contributed by atoms with E-state index in [0.717, 1.165) is 53.3 Å². The van der Waals surface area contributed by atoms with Gasteiger partial charge in [0.25, 0.3) is 5.91 Å². The maximum atomic E-state index is 13.1. The number of phenols is 1. The molecule has 238 valence electrons. The fraction of sp³-hybridized carbons (Fsp3) is 0.184. The van der Waals surface area contributed by atoms with E-state index < -0.39 is 0 Å². The summed E-state index contributed by atoms with van der Waals surface area (Å²) < 4.78 is 2.05. The van der Waals surface area contributed by atoms with Gasteiger partial charge in [-0.3, -0.25) is 19.1 Å². The number of amides is 1. The lowest BCUT2D eigenvalue weighted by Gasteiger charge is -2.22. The molecule has 6 aromatic rings. The minimum Gasteiger partial charge on any atom is -0.507 e. The average Bonchev–Trinajstić information content (AvgIpc) is 3.80. The minimum absolute atomic E-state index is 0.107. The number of aromatic nitrogens is 4. The van der Waals surface area contributed by atoms with Crippen molar-refractivity contribution in [1.29, 1.82) is 0 Å². The second-order valence-corrected chi connectivity index (χ2v) is 12.6. The number of nitrogen functional groups attached to an aromatic ring is 1. The van der Waals surface area contributed by atoms with Crippen LogP contribution in [0.5, 0.6) is 5.75 Å². The number of rotatable bonds is 7. The Kier molecular flexibility index (Phi) is 7.41. The van der Waals surface area contributed by atoms with E-state index in [4.69, 9.17) is 15.7 Å². The number of likely N-dealkylation sites (tertiary alicyclic amines) is 2. The number of pyridine rings is 2. The number of carbonyl (C=O) groups excluding carboxylic acids is 2. The van der Waals surface area contributed by atoms with Gasteiger partial charge >= 0.3 is 0 Å². The third-order valence-corrected chi connectivity index (χ3v) is 9.51. The first-order valence-electron chi connectivity index (χ1n) is 16.0. The predicted molar refractivity (Wildman–Crippen MR) is 184 cm³/mol. The molecule has 10 heteroatoms. The minimum atomic E-state index is -0.167. The summed E-state index contributed by atoms with van der Waals surface area (Å²) in [4.78, 5) is 42.8. The molecule has 48 heavy (non-hydrogen) atoms. The number of anilines is 1. The Morgan fingerprint density at radius 2 is 1.65 bits per heavy atom. The third kappa shape index (κ3) is 5.35. The zero-order chi connectivity index (χ0) is 32.8. The molecule has 0 aliphatic carbocycles. The van der Waals surface area contributed by atoms with Gasteiger partial charge in [0.15, 0.2) is 17.8 Å². The predicted octanol–water partition coefficient (Wildman–Crippen LogP) is 5.45. The lowest BCUT2D eigenvalue weighted by molar-refractivity contribution is 0.0772. The van der Waals surface area contributed by atoms with E-state index in [2.05, 4.69) is 38.7 Å². The van der Waals surface area contributed by atoms with Crippen molar-refractivity contribution in [3.05, 3.63) is 120 Å². The van der Waals surface area contributed by atoms with Gasteiger partial charge in [-0.1, -0.05) is 42.5 Å². The topological polar surface area (TPSA) is 130 Å². The summed E-state index contributed by atoms with van der Waals surface area (Å²) in [5, 5.41) is 10.0. The van der Waals surface area contributed by atoms with E-state index in [1.807, 2.05) is 59.5 Å². The normalized spacial score (nSPS) is 17.5. The summed E-state index contributed by atoms with van der Waals surface area (Å²) >= 11 is 0. The number of imidazole rings is 1. The highest BCUT2D eigenvalue weighted by Crippen LogP contribution is 2.35. The quantitative estimate of drug-likeness (QED) is 0.222. The fourth-order valence-electron chi connectivity index (χ4n) is 7.11. The number of aldehydes is 1. The summed E-state index contributed by atoms with van der Waals surface area (Å²) in [7, 11) is 0. The number of nitrogens with two attached hydrogens (primary N) is 1. The van der Waals surface area contributed by atoms with Crippen LogP contribution in [0.4, 0.5) is 5.82 Å². The number of fused-ring (bicyclic) bond motifs is 2. The molecule has 2 atom stereocenters. The number of carbonyl (C=O) groups is 2. The van der Waals surface area contributed by atoms with Crippen molar-refractivity contribution in [2.75, 3.05) is 31.9 Å². The molecule has 1 amide bonds. The summed E-state index contributed by atoms with van der Waals surface area (Å²) in [5.41, 5.74) is 13.2. The van der Waals surface area contributed by atoms with E-state index in [1.54, 1.807) is 12.3 Å². The summed E-state index contributed by atoms with van der Waals surface area (Å²) in [6, 6.07) is 30.9. The molecule has 5 heterocycles. The van der Waals surface area contributed by atoms with E-state index >= 15 is 0 Å². The molecule has 2 saturated heterocycles. The van der Waals surface area contributed by atoms with Crippen LogP contribution >= 0.6 is 0 Å². The first kappa shape index (κ1) is 29.5. The molecule has 10 nitrogen and oxygen atoms in total. The van der Waals surface area contributed by atoms with Crippen LogP contribution in [0.2, 0.25) is 0 Å². The molecular formula is C38H33N7O3. The summed E-state index contributed by atoms with van der Waals surface area (Å²) in [6.07, 6.45) is 2.26. The molecule has 3 aromatic carbocycles. The van der Waals surface area contributed by atoms with Crippen LogP contribution in [0.15, 0.2) is 103 Å². The smallest absolute Gasteiger partial charge is 0.254 e. The number of benzene rings is 3. The number of hydrogen-bond acceptors (Lipinski definition) is 8. The van der Waals surface area contributed by atoms with Crippen LogP contribution in [0.3, 0.4) is 0 Å². The fourth-order valence-corrected chi connectivity index (χ4v) is 7.11. The maximum Gasteiger partial charge on any atom is 0.254 e. The average molecular weight is 636 g/mol. The van der Waals surface area contributed by atoms with Crippen molar-refractivity contribution >= 4 is 29.2 Å². The monoisotopic (exact) mass is 635 g/mol. The Labute approximate surface area is 277 Å². The molecule has 3 N–H and O–H groups in total. The van der Waals surface area contributed by atoms with E-state index in [1.165, 1.54) is 17.7 Å². The van der Waals surface area contributed by atoms with Crippen LogP contribution < -0.4 is 5.73 Å². The molecule has 0 unspecified atom stereocenters. The van der Waals surface area contributed by atoms with Crippen molar-refractivity contribution in [1.82, 2.24) is 29.3 Å². The lowest BCUT2D eigenvalue weighted by Crippen LogP contribution is -2.33. The number of aromatic hydroxyl groups is 1. The molecule has 2 fully saturated rings. The maximum absolute atomic E-state index is 13.1. The highest BCUT2D eigenvalue weighted by Gasteiger charge is 2.41. The second-order valence-electron chi connectivity index (χ2n) is 12.6. The van der Waals surface area contributed by atoms with Gasteiger partial charge in [0.1, 0.15) is 17.1 Å². The van der Waals surface area contributed by atoms with E-state index in [0.29, 0.717) is 48.4 Å². The number of hydrogen-bond donors (Lipinski definition) is 2. The molecule has 3 aromatic heterocycles. The Morgan fingerprint density at radius 3 is 2.35 bits per heavy atom. The van der Waals surface area contributed by atoms with E-state index in [9.17, 15) is 14.7 Å². The first-order chi connectivity index (χ1) is 23.4. The van der Waals surface area contributed by atoms with Crippen LogP contribution in [0.1, 0.15) is 26.3 Å². The van der Waals surface area contributed by atoms with Gasteiger partial charge in [-0.25, -0.2) is 15.0 Å². The molecule has 0 saturated carbocycles. The Hall–Kier alpha value is -5.87. The van der Waals surface area contributed by atoms with Crippen molar-refractivity contribution in [2.45, 2.75) is 6.54 Å². The standard InChI is InChI=1S/C38H33N7O3/c39-35-31(7-4-16-40-35)36-42-33-15-14-32(25-5-2-1-3-6-25)41-37(33)45(36)30-12-8-24(9-13-30)18-43-19-28-21-44(22-29(28)20-43)38(48)26-10-11-27(23-46)34(47)17-26/h1-17,23,28-29,47H,18-22H2,(H2,39,40)/t28-,29-/m0/s1. The molecule has 0 bridgehead atoms. The van der Waals surface area contributed by atoms with Gasteiger partial charge in [0, 0.05) is 55.7 Å². The Morgan fingerprint density at radius 1 is 0.875 bits per heavy atom. The molecule has 0 spiro atoms. The van der Waals surface area contributed by atoms with Crippen LogP contribution in [0, 0.1) is 11.8 Å². The first-order valence-corrected chi connectivity index (χ1v) is 16.0. The lowest BCUT2D eigenvalue weighted by atomic mass is 10.0. The number of phenolic OH excluding ortho intramolecular Hbond substituents is 1. The van der Waals surface area contributed by atoms with E-state index in [-0.39, 0.29) is 17.2 Å². The van der Waals surface area contributed by atoms with Gasteiger partial charge in [-0.2, -0.15) is 0 Å². The van der Waals surface area contributed by atoms with Gasteiger partial charge < -0.3 is 15.7 Å². The molecule has 2 aliphatic heterocycles. The zero-order valence-electron chi connectivity index (χ0n) is 26.1. The summed E-state index contributed by atoms with van der Waals surface area (Å²) in [5.74, 6) is 1.60. The Balaban J connectivity index is 1.01. The number of nitrogens with zero attached hydrogens (tertiary/aromatic N) is 6. The van der Waals surface area contributed by atoms with Gasteiger partial charge in [0.2, 0.25) is 0 Å². The highest BCUT2D eigenvalue weighted by atomic mass is 16.3. The highest BCUT2D eigenvalue weighted by molar-refractivity contribution is 5.96. The third-order valence-electron chi connectivity index (χ3n) is 9.51. The van der Waals surface area contributed by atoms with Crippen molar-refractivity contribution < 1.29 is 14.7 Å². The molecule has 0 radical (unpaired) electrons. The second kappa shape index (κ2) is 12.1. The van der Waals surface area contributed by atoms with Crippen LogP contribution in [-0.4, -0.2) is 72.8 Å². The van der Waals surface area contributed by atoms with Crippen molar-refractivity contribution in [2.24, 2.45) is 11.8 Å². The van der Waals surface area contributed by atoms with Crippen LogP contribution in [-0.2, 0) is 6.54 Å². The van der Waals surface area contributed by atoms with Gasteiger partial charge in [0.05, 0.1) is 16.8 Å². The molecule has 2 aliphatic rings. The SMILES string of the molecule is Nc1ncccc1-c1nc2ccc(-c3ccccc3)nc2n1-c1ccc(CN2C[C@H]3CN(C(=O)c4ccc(C=O)c(O)c4)C[C@@H]3C2)cc1. The molecular weight excluding hydrogens is 602 g/mol. The van der Waals surface area contributed by atoms with Crippen molar-refractivity contribution in [3.63, 3.8) is 0 Å². The largest absolute Gasteiger partial charge is 0.507 e.